The fraction of sp³-hybridized carbons (Fsp3) is 0.267. The summed E-state index contributed by atoms with van der Waals surface area (Å²) in [7, 11) is 0. The molecule has 39 heavy (non-hydrogen) atoms. The monoisotopic (exact) mass is 527 g/mol. The largest absolute Gasteiger partial charge is 0.344 e. The van der Waals surface area contributed by atoms with Crippen molar-refractivity contribution in [1.29, 1.82) is 0 Å². The van der Waals surface area contributed by atoms with Crippen LogP contribution in [0.2, 0.25) is 0 Å². The number of nitrogens with zero attached hydrogens (tertiary/aromatic N) is 4. The molecule has 1 fully saturated rings. The van der Waals surface area contributed by atoms with Crippen molar-refractivity contribution in [3.8, 4) is 22.8 Å². The summed E-state index contributed by atoms with van der Waals surface area (Å²) >= 11 is 0. The van der Waals surface area contributed by atoms with Crippen LogP contribution in [0.1, 0.15) is 18.1 Å². The van der Waals surface area contributed by atoms with Gasteiger partial charge < -0.3 is 14.7 Å². The van der Waals surface area contributed by atoms with Gasteiger partial charge in [-0.3, -0.25) is 14.5 Å². The molecule has 0 saturated carbocycles. The molecule has 1 aliphatic heterocycles. The molecule has 1 N–H and O–H groups in total. The number of carbonyl (C=O) groups is 2. The second-order valence-corrected chi connectivity index (χ2v) is 9.64. The first kappa shape index (κ1) is 26.2. The summed E-state index contributed by atoms with van der Waals surface area (Å²) in [6.45, 7) is 4.58. The van der Waals surface area contributed by atoms with Crippen LogP contribution in [0.5, 0.6) is 0 Å². The fourth-order valence-corrected chi connectivity index (χ4v) is 4.73. The van der Waals surface area contributed by atoms with E-state index in [4.69, 9.17) is 4.52 Å². The predicted octanol–water partition coefficient (Wildman–Crippen LogP) is 3.93. The van der Waals surface area contributed by atoms with Crippen molar-refractivity contribution in [1.82, 2.24) is 25.3 Å². The number of hydrogen-bond acceptors (Lipinski definition) is 6. The quantitative estimate of drug-likeness (QED) is 0.373. The van der Waals surface area contributed by atoms with E-state index < -0.39 is 6.04 Å². The lowest BCUT2D eigenvalue weighted by molar-refractivity contribution is -0.137. The van der Waals surface area contributed by atoms with Crippen LogP contribution in [0.15, 0.2) is 83.4 Å². The molecule has 1 atom stereocenters. The molecule has 0 radical (unpaired) electrons. The number of halogens is 1. The molecule has 1 saturated heterocycles. The maximum Gasteiger partial charge on any atom is 0.258 e. The summed E-state index contributed by atoms with van der Waals surface area (Å²) in [6.07, 6.45) is 0.116. The van der Waals surface area contributed by atoms with E-state index in [-0.39, 0.29) is 24.1 Å². The molecular formula is C30H30FN5O3. The minimum atomic E-state index is -0.800. The highest BCUT2D eigenvalue weighted by atomic mass is 19.1. The number of hydrogen-bond donors (Lipinski definition) is 1. The van der Waals surface area contributed by atoms with Crippen molar-refractivity contribution >= 4 is 11.8 Å². The number of amides is 2. The summed E-state index contributed by atoms with van der Waals surface area (Å²) in [6, 6.07) is 23.2. The van der Waals surface area contributed by atoms with Gasteiger partial charge in [0.15, 0.2) is 0 Å². The van der Waals surface area contributed by atoms with E-state index in [1.807, 2.05) is 54.6 Å². The standard InChI is InChI=1S/C30H30FN5O3/c1-21(37)32-27(19-25-9-5-6-10-26(25)31)30(38)36-17-15-35(16-18-36)20-22-11-13-23(14-12-22)28-33-29(39-34-28)24-7-3-2-4-8-24/h2-14,27H,15-20H2,1H3,(H,32,37)/t27-/m1/s1. The van der Waals surface area contributed by atoms with Gasteiger partial charge in [0.2, 0.25) is 17.6 Å². The molecule has 0 bridgehead atoms. The van der Waals surface area contributed by atoms with Crippen molar-refractivity contribution in [3.05, 3.63) is 95.8 Å². The van der Waals surface area contributed by atoms with Gasteiger partial charge in [-0.05, 0) is 29.3 Å². The molecule has 0 spiro atoms. The zero-order valence-corrected chi connectivity index (χ0v) is 21.7. The number of carbonyl (C=O) groups excluding carboxylic acids is 2. The van der Waals surface area contributed by atoms with Gasteiger partial charge in [0.25, 0.3) is 5.89 Å². The molecule has 0 unspecified atom stereocenters. The Hall–Kier alpha value is -4.37. The van der Waals surface area contributed by atoms with E-state index in [2.05, 4.69) is 20.4 Å². The number of nitrogens with one attached hydrogen (secondary N) is 1. The summed E-state index contributed by atoms with van der Waals surface area (Å²) in [5, 5.41) is 6.82. The van der Waals surface area contributed by atoms with Crippen molar-refractivity contribution in [3.63, 3.8) is 0 Å². The number of benzene rings is 3. The van der Waals surface area contributed by atoms with Crippen LogP contribution in [0.25, 0.3) is 22.8 Å². The van der Waals surface area contributed by atoms with Crippen LogP contribution in [0.3, 0.4) is 0 Å². The first-order valence-electron chi connectivity index (χ1n) is 13.0. The Morgan fingerprint density at radius 2 is 1.62 bits per heavy atom. The van der Waals surface area contributed by atoms with Crippen LogP contribution in [0, 0.1) is 5.82 Å². The van der Waals surface area contributed by atoms with Crippen LogP contribution < -0.4 is 5.32 Å². The molecule has 9 heteroatoms. The van der Waals surface area contributed by atoms with Crippen LogP contribution in [-0.2, 0) is 22.6 Å². The van der Waals surface area contributed by atoms with Crippen molar-refractivity contribution in [2.75, 3.05) is 26.2 Å². The highest BCUT2D eigenvalue weighted by Gasteiger charge is 2.29. The molecule has 3 aromatic carbocycles. The van der Waals surface area contributed by atoms with Gasteiger partial charge in [0, 0.05) is 57.2 Å². The average Bonchev–Trinajstić information content (AvgIpc) is 3.45. The minimum Gasteiger partial charge on any atom is -0.344 e. The molecule has 8 nitrogen and oxygen atoms in total. The summed E-state index contributed by atoms with van der Waals surface area (Å²) in [4.78, 5) is 33.5. The van der Waals surface area contributed by atoms with Crippen molar-refractivity contribution in [2.24, 2.45) is 0 Å². The molecule has 1 aliphatic rings. The van der Waals surface area contributed by atoms with Crippen molar-refractivity contribution < 1.29 is 18.5 Å². The molecule has 1 aromatic heterocycles. The third kappa shape index (κ3) is 6.56. The van der Waals surface area contributed by atoms with Crippen LogP contribution in [0.4, 0.5) is 4.39 Å². The number of piperazine rings is 1. The van der Waals surface area contributed by atoms with Gasteiger partial charge in [-0.25, -0.2) is 4.39 Å². The Kier molecular flexibility index (Phi) is 8.07. The van der Waals surface area contributed by atoms with Crippen LogP contribution in [-0.4, -0.2) is 64.0 Å². The third-order valence-corrected chi connectivity index (χ3v) is 6.81. The molecule has 2 amide bonds. The average molecular weight is 528 g/mol. The minimum absolute atomic E-state index is 0.116. The highest BCUT2D eigenvalue weighted by Crippen LogP contribution is 2.23. The predicted molar refractivity (Wildman–Crippen MR) is 145 cm³/mol. The Morgan fingerprint density at radius 1 is 0.923 bits per heavy atom. The SMILES string of the molecule is CC(=O)N[C@H](Cc1ccccc1F)C(=O)N1CCN(Cc2ccc(-c3noc(-c4ccccc4)n3)cc2)CC1. The summed E-state index contributed by atoms with van der Waals surface area (Å²) < 4.78 is 19.6. The lowest BCUT2D eigenvalue weighted by Gasteiger charge is -2.36. The van der Waals surface area contributed by atoms with E-state index in [1.165, 1.54) is 13.0 Å². The van der Waals surface area contributed by atoms with Gasteiger partial charge in [-0.15, -0.1) is 0 Å². The van der Waals surface area contributed by atoms with E-state index in [0.29, 0.717) is 43.5 Å². The third-order valence-electron chi connectivity index (χ3n) is 6.81. The maximum absolute atomic E-state index is 14.2. The summed E-state index contributed by atoms with van der Waals surface area (Å²) in [5.41, 5.74) is 3.30. The van der Waals surface area contributed by atoms with Gasteiger partial charge in [-0.2, -0.15) is 4.98 Å². The van der Waals surface area contributed by atoms with E-state index in [1.54, 1.807) is 23.1 Å². The van der Waals surface area contributed by atoms with Gasteiger partial charge in [0.05, 0.1) is 0 Å². The summed E-state index contributed by atoms with van der Waals surface area (Å²) in [5.74, 6) is 0.136. The Balaban J connectivity index is 1.16. The zero-order valence-electron chi connectivity index (χ0n) is 21.7. The second-order valence-electron chi connectivity index (χ2n) is 9.64. The first-order chi connectivity index (χ1) is 19.0. The van der Waals surface area contributed by atoms with E-state index >= 15 is 0 Å². The fourth-order valence-electron chi connectivity index (χ4n) is 4.73. The highest BCUT2D eigenvalue weighted by molar-refractivity contribution is 5.87. The first-order valence-corrected chi connectivity index (χ1v) is 13.0. The van der Waals surface area contributed by atoms with Gasteiger partial charge >= 0.3 is 0 Å². The molecule has 5 rings (SSSR count). The Morgan fingerprint density at radius 3 is 2.31 bits per heavy atom. The van der Waals surface area contributed by atoms with Crippen LogP contribution >= 0.6 is 0 Å². The number of rotatable bonds is 8. The van der Waals surface area contributed by atoms with Gasteiger partial charge in [0.1, 0.15) is 11.9 Å². The second kappa shape index (κ2) is 12.0. The van der Waals surface area contributed by atoms with Gasteiger partial charge in [-0.1, -0.05) is 65.8 Å². The van der Waals surface area contributed by atoms with E-state index in [0.717, 1.165) is 23.2 Å². The Labute approximate surface area is 226 Å². The maximum atomic E-state index is 14.2. The lowest BCUT2D eigenvalue weighted by Crippen LogP contribution is -2.55. The van der Waals surface area contributed by atoms with E-state index in [9.17, 15) is 14.0 Å². The zero-order chi connectivity index (χ0) is 27.2. The smallest absolute Gasteiger partial charge is 0.258 e. The lowest BCUT2D eigenvalue weighted by atomic mass is 10.0. The Bertz CT molecular complexity index is 1420. The normalized spacial score (nSPS) is 14.7. The molecular weight excluding hydrogens is 497 g/mol. The topological polar surface area (TPSA) is 91.6 Å². The molecule has 0 aliphatic carbocycles. The molecule has 2 heterocycles. The number of aromatic nitrogens is 2. The van der Waals surface area contributed by atoms with Crippen molar-refractivity contribution in [2.45, 2.75) is 25.9 Å². The molecule has 4 aromatic rings. The molecule has 200 valence electrons.